The van der Waals surface area contributed by atoms with Crippen LogP contribution in [0.15, 0.2) is 36.4 Å². The Morgan fingerprint density at radius 3 is 2.10 bits per heavy atom. The van der Waals surface area contributed by atoms with E-state index in [2.05, 4.69) is 62.5 Å². The number of hydrogen-bond acceptors (Lipinski definition) is 2. The van der Waals surface area contributed by atoms with Crippen LogP contribution in [-0.4, -0.2) is 13.7 Å². The fourth-order valence-corrected chi connectivity index (χ4v) is 2.66. The lowest BCUT2D eigenvalue weighted by Gasteiger charge is -2.12. The summed E-state index contributed by atoms with van der Waals surface area (Å²) in [6, 6.07) is 13.2. The van der Waals surface area contributed by atoms with E-state index in [9.17, 15) is 0 Å². The van der Waals surface area contributed by atoms with Gasteiger partial charge in [0, 0.05) is 6.54 Å². The Hall–Kier alpha value is -1.80. The summed E-state index contributed by atoms with van der Waals surface area (Å²) in [6.07, 6.45) is 1.17. The smallest absolute Gasteiger partial charge is 0.124 e. The lowest BCUT2D eigenvalue weighted by Crippen LogP contribution is -2.13. The molecule has 2 aromatic rings. The van der Waals surface area contributed by atoms with E-state index in [4.69, 9.17) is 4.74 Å². The molecule has 0 heterocycles. The summed E-state index contributed by atoms with van der Waals surface area (Å²) in [7, 11) is 1.73. The molecule has 2 heteroatoms. The van der Waals surface area contributed by atoms with Crippen LogP contribution in [0.3, 0.4) is 0 Å². The van der Waals surface area contributed by atoms with E-state index in [1.807, 2.05) is 0 Å². The van der Waals surface area contributed by atoms with Crippen molar-refractivity contribution in [2.24, 2.45) is 0 Å². The molecule has 0 aliphatic rings. The van der Waals surface area contributed by atoms with E-state index < -0.39 is 0 Å². The highest BCUT2D eigenvalue weighted by atomic mass is 16.5. The maximum absolute atomic E-state index is 5.43. The van der Waals surface area contributed by atoms with Gasteiger partial charge in [0.05, 0.1) is 7.11 Å². The number of hydrogen-bond donors (Lipinski definition) is 1. The first-order valence-corrected chi connectivity index (χ1v) is 7.61. The predicted octanol–water partition coefficient (Wildman–Crippen LogP) is 4.48. The second kappa shape index (κ2) is 7.28. The number of methoxy groups -OCH3 is 1. The number of nitrogens with one attached hydrogen (secondary N) is 1. The lowest BCUT2D eigenvalue weighted by molar-refractivity contribution is 0.408. The van der Waals surface area contributed by atoms with Gasteiger partial charge in [-0.25, -0.2) is 0 Å². The van der Waals surface area contributed by atoms with Crippen molar-refractivity contribution in [1.29, 1.82) is 0 Å². The minimum absolute atomic E-state index is 0.939. The van der Waals surface area contributed by atoms with Crippen LogP contribution in [0.1, 0.15) is 30.0 Å². The van der Waals surface area contributed by atoms with Gasteiger partial charge in [-0.3, -0.25) is 0 Å². The lowest BCUT2D eigenvalue weighted by atomic mass is 9.99. The fourth-order valence-electron chi connectivity index (χ4n) is 2.66. The van der Waals surface area contributed by atoms with Gasteiger partial charge in [0.15, 0.2) is 0 Å². The van der Waals surface area contributed by atoms with Crippen LogP contribution in [-0.2, 0) is 6.54 Å². The average Bonchev–Trinajstić information content (AvgIpc) is 2.48. The van der Waals surface area contributed by atoms with Crippen LogP contribution in [0, 0.1) is 13.8 Å². The molecule has 0 atom stereocenters. The van der Waals surface area contributed by atoms with E-state index >= 15 is 0 Å². The first-order valence-electron chi connectivity index (χ1n) is 7.61. The molecule has 0 aliphatic carbocycles. The molecule has 0 saturated carbocycles. The van der Waals surface area contributed by atoms with Gasteiger partial charge in [-0.05, 0) is 66.8 Å². The van der Waals surface area contributed by atoms with Gasteiger partial charge in [-0.15, -0.1) is 0 Å². The standard InChI is InChI=1S/C19H25NO/c1-5-10-20-13-16-6-8-17(9-7-16)18-11-14(2)19(21-4)15(3)12-18/h6-9,11-12,20H,5,10,13H2,1-4H3. The Balaban J connectivity index is 2.19. The molecule has 0 bridgehead atoms. The van der Waals surface area contributed by atoms with Crippen molar-refractivity contribution in [2.75, 3.05) is 13.7 Å². The molecule has 112 valence electrons. The third kappa shape index (κ3) is 3.85. The van der Waals surface area contributed by atoms with Crippen molar-refractivity contribution >= 4 is 0 Å². The highest BCUT2D eigenvalue weighted by molar-refractivity contribution is 5.67. The van der Waals surface area contributed by atoms with Gasteiger partial charge >= 0.3 is 0 Å². The number of aryl methyl sites for hydroxylation is 2. The third-order valence-corrected chi connectivity index (χ3v) is 3.71. The van der Waals surface area contributed by atoms with Crippen LogP contribution in [0.2, 0.25) is 0 Å². The van der Waals surface area contributed by atoms with E-state index in [0.29, 0.717) is 0 Å². The summed E-state index contributed by atoms with van der Waals surface area (Å²) in [6.45, 7) is 8.38. The van der Waals surface area contributed by atoms with Crippen molar-refractivity contribution < 1.29 is 4.74 Å². The SMILES string of the molecule is CCCNCc1ccc(-c2cc(C)c(OC)c(C)c2)cc1. The maximum atomic E-state index is 5.43. The first-order chi connectivity index (χ1) is 10.2. The van der Waals surface area contributed by atoms with Gasteiger partial charge in [-0.2, -0.15) is 0 Å². The highest BCUT2D eigenvalue weighted by Crippen LogP contribution is 2.30. The quantitative estimate of drug-likeness (QED) is 0.789. The van der Waals surface area contributed by atoms with Crippen LogP contribution in [0.5, 0.6) is 5.75 Å². The third-order valence-electron chi connectivity index (χ3n) is 3.71. The molecule has 0 spiro atoms. The van der Waals surface area contributed by atoms with Crippen LogP contribution >= 0.6 is 0 Å². The Labute approximate surface area is 128 Å². The van der Waals surface area contributed by atoms with Crippen LogP contribution < -0.4 is 10.1 Å². The fraction of sp³-hybridized carbons (Fsp3) is 0.368. The summed E-state index contributed by atoms with van der Waals surface area (Å²) in [5, 5.41) is 3.43. The van der Waals surface area contributed by atoms with E-state index in [1.54, 1.807) is 7.11 Å². The predicted molar refractivity (Wildman–Crippen MR) is 89.9 cm³/mol. The molecule has 0 aromatic heterocycles. The normalized spacial score (nSPS) is 10.7. The van der Waals surface area contributed by atoms with Gasteiger partial charge < -0.3 is 10.1 Å². The summed E-state index contributed by atoms with van der Waals surface area (Å²) >= 11 is 0. The Bertz CT molecular complexity index is 564. The monoisotopic (exact) mass is 283 g/mol. The van der Waals surface area contributed by atoms with E-state index in [1.165, 1.54) is 34.2 Å². The Morgan fingerprint density at radius 1 is 0.952 bits per heavy atom. The van der Waals surface area contributed by atoms with Crippen molar-refractivity contribution in [2.45, 2.75) is 33.7 Å². The van der Waals surface area contributed by atoms with Crippen LogP contribution in [0.25, 0.3) is 11.1 Å². The highest BCUT2D eigenvalue weighted by Gasteiger charge is 2.06. The zero-order chi connectivity index (χ0) is 15.2. The molecule has 21 heavy (non-hydrogen) atoms. The minimum Gasteiger partial charge on any atom is -0.496 e. The summed E-state index contributed by atoms with van der Waals surface area (Å²) in [5.74, 6) is 0.985. The van der Waals surface area contributed by atoms with E-state index in [-0.39, 0.29) is 0 Å². The second-order valence-corrected chi connectivity index (χ2v) is 5.52. The molecule has 0 radical (unpaired) electrons. The van der Waals surface area contributed by atoms with Crippen molar-refractivity contribution in [3.8, 4) is 16.9 Å². The summed E-state index contributed by atoms with van der Waals surface area (Å²) in [4.78, 5) is 0. The first kappa shape index (κ1) is 15.6. The molecule has 0 aliphatic heterocycles. The largest absolute Gasteiger partial charge is 0.496 e. The topological polar surface area (TPSA) is 21.3 Å². The molecular formula is C19H25NO. The zero-order valence-electron chi connectivity index (χ0n) is 13.5. The number of benzene rings is 2. The van der Waals surface area contributed by atoms with Crippen LogP contribution in [0.4, 0.5) is 0 Å². The van der Waals surface area contributed by atoms with Gasteiger partial charge in [0.1, 0.15) is 5.75 Å². The molecule has 2 rings (SSSR count). The van der Waals surface area contributed by atoms with Crippen molar-refractivity contribution in [1.82, 2.24) is 5.32 Å². The average molecular weight is 283 g/mol. The number of rotatable bonds is 6. The summed E-state index contributed by atoms with van der Waals surface area (Å²) in [5.41, 5.74) is 6.19. The zero-order valence-corrected chi connectivity index (χ0v) is 13.5. The van der Waals surface area contributed by atoms with Gasteiger partial charge in [0.25, 0.3) is 0 Å². The Morgan fingerprint density at radius 2 is 1.57 bits per heavy atom. The van der Waals surface area contributed by atoms with Gasteiger partial charge in [0.2, 0.25) is 0 Å². The molecule has 0 amide bonds. The molecule has 0 fully saturated rings. The van der Waals surface area contributed by atoms with E-state index in [0.717, 1.165) is 18.8 Å². The molecule has 2 aromatic carbocycles. The molecule has 0 saturated heterocycles. The summed E-state index contributed by atoms with van der Waals surface area (Å²) < 4.78 is 5.43. The minimum atomic E-state index is 0.939. The second-order valence-electron chi connectivity index (χ2n) is 5.52. The molecule has 0 unspecified atom stereocenters. The molecular weight excluding hydrogens is 258 g/mol. The van der Waals surface area contributed by atoms with Crippen molar-refractivity contribution in [3.05, 3.63) is 53.1 Å². The van der Waals surface area contributed by atoms with Crippen molar-refractivity contribution in [3.63, 3.8) is 0 Å². The molecule has 1 N–H and O–H groups in total. The molecule has 2 nitrogen and oxygen atoms in total. The van der Waals surface area contributed by atoms with Gasteiger partial charge in [-0.1, -0.05) is 31.2 Å². The number of ether oxygens (including phenoxy) is 1. The Kier molecular flexibility index (Phi) is 5.40. The maximum Gasteiger partial charge on any atom is 0.124 e.